The number of nitrogens with zero attached hydrogens (tertiary/aromatic N) is 2. The van der Waals surface area contributed by atoms with E-state index in [4.69, 9.17) is 4.74 Å². The number of ether oxygens (including phenoxy) is 1. The number of anilines is 1. The van der Waals surface area contributed by atoms with E-state index in [-0.39, 0.29) is 17.9 Å². The fraction of sp³-hybridized carbons (Fsp3) is 0.571. The summed E-state index contributed by atoms with van der Waals surface area (Å²) in [7, 11) is 0. The maximum Gasteiger partial charge on any atom is 0.292 e. The highest BCUT2D eigenvalue weighted by Crippen LogP contribution is 2.32. The topological polar surface area (TPSA) is 75.8 Å². The molecule has 2 rings (SSSR count). The first-order valence-corrected chi connectivity index (χ1v) is 6.75. The molecule has 1 aromatic carbocycles. The van der Waals surface area contributed by atoms with Gasteiger partial charge in [0.05, 0.1) is 23.2 Å². The smallest absolute Gasteiger partial charge is 0.292 e. The van der Waals surface area contributed by atoms with E-state index in [9.17, 15) is 15.2 Å². The van der Waals surface area contributed by atoms with E-state index >= 15 is 0 Å². The summed E-state index contributed by atoms with van der Waals surface area (Å²) in [6.07, 6.45) is -0.644. The van der Waals surface area contributed by atoms with Gasteiger partial charge in [0, 0.05) is 19.2 Å². The summed E-state index contributed by atoms with van der Waals surface area (Å²) < 4.78 is 5.65. The minimum absolute atomic E-state index is 0.0321. The van der Waals surface area contributed by atoms with E-state index in [0.29, 0.717) is 24.3 Å². The Hall–Kier alpha value is -1.66. The molecule has 0 unspecified atom stereocenters. The van der Waals surface area contributed by atoms with Crippen molar-refractivity contribution in [3.05, 3.63) is 33.9 Å². The van der Waals surface area contributed by atoms with Crippen LogP contribution in [0.15, 0.2) is 18.2 Å². The maximum absolute atomic E-state index is 11.3. The van der Waals surface area contributed by atoms with Crippen molar-refractivity contribution in [2.75, 3.05) is 18.0 Å². The fourth-order valence-corrected chi connectivity index (χ4v) is 2.59. The number of nitro groups is 1. The van der Waals surface area contributed by atoms with Gasteiger partial charge < -0.3 is 14.7 Å². The molecular formula is C14H20N2O4. The normalized spacial score (nSPS) is 24.5. The van der Waals surface area contributed by atoms with Crippen LogP contribution in [0.5, 0.6) is 0 Å². The van der Waals surface area contributed by atoms with Gasteiger partial charge in [-0.05, 0) is 32.4 Å². The third-order valence-electron chi connectivity index (χ3n) is 3.44. The summed E-state index contributed by atoms with van der Waals surface area (Å²) in [6, 6.07) is 4.90. The Morgan fingerprint density at radius 3 is 2.50 bits per heavy atom. The van der Waals surface area contributed by atoms with Crippen LogP contribution < -0.4 is 4.90 Å². The predicted molar refractivity (Wildman–Crippen MR) is 76.0 cm³/mol. The van der Waals surface area contributed by atoms with E-state index in [1.165, 1.54) is 6.07 Å². The van der Waals surface area contributed by atoms with E-state index in [1.54, 1.807) is 19.1 Å². The van der Waals surface area contributed by atoms with Gasteiger partial charge in [0.25, 0.3) is 5.69 Å². The van der Waals surface area contributed by atoms with Crippen LogP contribution in [0.25, 0.3) is 0 Å². The zero-order chi connectivity index (χ0) is 14.9. The molecule has 1 fully saturated rings. The highest BCUT2D eigenvalue weighted by Gasteiger charge is 2.27. The summed E-state index contributed by atoms with van der Waals surface area (Å²) in [6.45, 7) is 6.76. The van der Waals surface area contributed by atoms with Gasteiger partial charge in [-0.2, -0.15) is 0 Å². The number of hydrogen-bond donors (Lipinski definition) is 1. The van der Waals surface area contributed by atoms with Crippen LogP contribution >= 0.6 is 0 Å². The molecule has 1 heterocycles. The van der Waals surface area contributed by atoms with Crippen LogP contribution in [0.2, 0.25) is 0 Å². The molecule has 1 aliphatic heterocycles. The summed E-state index contributed by atoms with van der Waals surface area (Å²) in [5.41, 5.74) is 1.17. The fourth-order valence-electron chi connectivity index (χ4n) is 2.59. The Bertz CT molecular complexity index is 494. The number of benzene rings is 1. The van der Waals surface area contributed by atoms with Crippen molar-refractivity contribution < 1.29 is 14.8 Å². The summed E-state index contributed by atoms with van der Waals surface area (Å²) in [4.78, 5) is 12.8. The van der Waals surface area contributed by atoms with E-state index in [2.05, 4.69) is 0 Å². The van der Waals surface area contributed by atoms with Gasteiger partial charge in [-0.1, -0.05) is 6.07 Å². The largest absolute Gasteiger partial charge is 0.389 e. The van der Waals surface area contributed by atoms with Crippen LogP contribution in [-0.2, 0) is 4.74 Å². The minimum atomic E-state index is -0.717. The van der Waals surface area contributed by atoms with E-state index in [1.807, 2.05) is 18.7 Å². The molecule has 0 spiro atoms. The van der Waals surface area contributed by atoms with E-state index < -0.39 is 11.0 Å². The second-order valence-corrected chi connectivity index (χ2v) is 5.34. The first-order chi connectivity index (χ1) is 9.38. The number of aliphatic hydroxyl groups is 1. The monoisotopic (exact) mass is 280 g/mol. The molecule has 0 radical (unpaired) electrons. The van der Waals surface area contributed by atoms with Gasteiger partial charge in [0.15, 0.2) is 0 Å². The van der Waals surface area contributed by atoms with Gasteiger partial charge >= 0.3 is 0 Å². The van der Waals surface area contributed by atoms with Crippen LogP contribution in [0.1, 0.15) is 32.4 Å². The Morgan fingerprint density at radius 1 is 1.40 bits per heavy atom. The SMILES string of the molecule is C[C@@H]1CN(c2ccc([C@H](C)O)cc2[N+](=O)[O-])C[C@H](C)O1. The number of morpholine rings is 1. The van der Waals surface area contributed by atoms with Gasteiger partial charge in [-0.25, -0.2) is 0 Å². The van der Waals surface area contributed by atoms with Gasteiger partial charge in [0.1, 0.15) is 5.69 Å². The number of rotatable bonds is 3. The molecular weight excluding hydrogens is 260 g/mol. The molecule has 1 saturated heterocycles. The van der Waals surface area contributed by atoms with Crippen molar-refractivity contribution in [2.24, 2.45) is 0 Å². The van der Waals surface area contributed by atoms with Crippen LogP contribution in [0.4, 0.5) is 11.4 Å². The molecule has 0 aromatic heterocycles. The molecule has 0 bridgehead atoms. The molecule has 0 aliphatic carbocycles. The first-order valence-electron chi connectivity index (χ1n) is 6.75. The highest BCUT2D eigenvalue weighted by atomic mass is 16.6. The summed E-state index contributed by atoms with van der Waals surface area (Å²) in [5, 5.41) is 20.8. The maximum atomic E-state index is 11.3. The Kier molecular flexibility index (Phi) is 4.25. The molecule has 1 aromatic rings. The lowest BCUT2D eigenvalue weighted by molar-refractivity contribution is -0.384. The lowest BCUT2D eigenvalue weighted by atomic mass is 10.1. The second kappa shape index (κ2) is 5.76. The minimum Gasteiger partial charge on any atom is -0.389 e. The third kappa shape index (κ3) is 3.08. The van der Waals surface area contributed by atoms with Crippen molar-refractivity contribution in [1.82, 2.24) is 0 Å². The lowest BCUT2D eigenvalue weighted by Crippen LogP contribution is -2.45. The summed E-state index contributed by atoms with van der Waals surface area (Å²) >= 11 is 0. The molecule has 1 N–H and O–H groups in total. The molecule has 110 valence electrons. The van der Waals surface area contributed by atoms with Crippen LogP contribution in [-0.4, -0.2) is 35.3 Å². The molecule has 20 heavy (non-hydrogen) atoms. The molecule has 6 nitrogen and oxygen atoms in total. The Labute approximate surface area is 118 Å². The van der Waals surface area contributed by atoms with Crippen molar-refractivity contribution in [3.63, 3.8) is 0 Å². The molecule has 6 heteroatoms. The zero-order valence-electron chi connectivity index (χ0n) is 11.9. The van der Waals surface area contributed by atoms with Gasteiger partial charge in [-0.3, -0.25) is 10.1 Å². The average Bonchev–Trinajstić information content (AvgIpc) is 2.36. The Morgan fingerprint density at radius 2 is 2.00 bits per heavy atom. The number of nitro benzene ring substituents is 1. The number of aliphatic hydroxyl groups excluding tert-OH is 1. The van der Waals surface area contributed by atoms with Gasteiger partial charge in [-0.15, -0.1) is 0 Å². The predicted octanol–water partition coefficient (Wildman–Crippen LogP) is 2.26. The zero-order valence-corrected chi connectivity index (χ0v) is 11.9. The first kappa shape index (κ1) is 14.7. The molecule has 3 atom stereocenters. The molecule has 1 aliphatic rings. The van der Waals surface area contributed by atoms with Crippen molar-refractivity contribution in [1.29, 1.82) is 0 Å². The van der Waals surface area contributed by atoms with Crippen LogP contribution in [0.3, 0.4) is 0 Å². The van der Waals surface area contributed by atoms with Crippen molar-refractivity contribution >= 4 is 11.4 Å². The van der Waals surface area contributed by atoms with Gasteiger partial charge in [0.2, 0.25) is 0 Å². The van der Waals surface area contributed by atoms with Crippen molar-refractivity contribution in [3.8, 4) is 0 Å². The number of hydrogen-bond acceptors (Lipinski definition) is 5. The van der Waals surface area contributed by atoms with Crippen LogP contribution in [0, 0.1) is 10.1 Å². The highest BCUT2D eigenvalue weighted by molar-refractivity contribution is 5.65. The van der Waals surface area contributed by atoms with Crippen molar-refractivity contribution in [2.45, 2.75) is 39.1 Å². The molecule has 0 amide bonds. The standard InChI is InChI=1S/C14H20N2O4/c1-9-7-15(8-10(2)20-9)13-5-4-12(11(3)17)6-14(13)16(18)19/h4-6,9-11,17H,7-8H2,1-3H3/t9-,10+,11-/m0/s1. The lowest BCUT2D eigenvalue weighted by Gasteiger charge is -2.36. The third-order valence-corrected chi connectivity index (χ3v) is 3.44. The summed E-state index contributed by atoms with van der Waals surface area (Å²) in [5.74, 6) is 0. The average molecular weight is 280 g/mol. The van der Waals surface area contributed by atoms with E-state index in [0.717, 1.165) is 0 Å². The Balaban J connectivity index is 2.37. The molecule has 0 saturated carbocycles. The quantitative estimate of drug-likeness (QED) is 0.679. The second-order valence-electron chi connectivity index (χ2n) is 5.34.